The van der Waals surface area contributed by atoms with Gasteiger partial charge in [0.2, 0.25) is 11.9 Å². The third kappa shape index (κ3) is 9.44. The Morgan fingerprint density at radius 2 is 1.15 bits per heavy atom. The molecule has 8 aromatic rings. The van der Waals surface area contributed by atoms with Crippen LogP contribution >= 0.6 is 31.9 Å². The van der Waals surface area contributed by atoms with Crippen LogP contribution in [0.2, 0.25) is 0 Å². The van der Waals surface area contributed by atoms with Crippen molar-refractivity contribution < 1.29 is 33.8 Å². The van der Waals surface area contributed by atoms with Gasteiger partial charge in [-0.05, 0) is 102 Å². The Bertz CT molecular complexity index is 3490. The smallest absolute Gasteiger partial charge is 0.337 e. The second kappa shape index (κ2) is 20.2. The first kappa shape index (κ1) is 48.5. The molecular formula is C54H46Br2N10O7. The maximum atomic E-state index is 14.0. The van der Waals surface area contributed by atoms with Crippen molar-refractivity contribution in [3.63, 3.8) is 0 Å². The van der Waals surface area contributed by atoms with Crippen LogP contribution in [0.15, 0.2) is 125 Å². The molecule has 2 aliphatic carbocycles. The van der Waals surface area contributed by atoms with Gasteiger partial charge in [-0.1, -0.05) is 74.3 Å². The van der Waals surface area contributed by atoms with Crippen LogP contribution in [-0.2, 0) is 39.8 Å². The van der Waals surface area contributed by atoms with Crippen LogP contribution in [0.1, 0.15) is 75.3 Å². The quantitative estimate of drug-likeness (QED) is 0.0842. The Balaban J connectivity index is 0.000000192. The van der Waals surface area contributed by atoms with Crippen LogP contribution in [0, 0.1) is 0 Å². The molecule has 11 rings (SSSR count). The molecule has 17 nitrogen and oxygen atoms in total. The molecule has 0 saturated carbocycles. The molecule has 368 valence electrons. The number of carboxylic acid groups (broad SMARTS) is 1. The summed E-state index contributed by atoms with van der Waals surface area (Å²) in [7, 11) is 6.94. The summed E-state index contributed by atoms with van der Waals surface area (Å²) in [6.07, 6.45) is 9.77. The number of carbonyl (C=O) groups excluding carboxylic acids is 3. The van der Waals surface area contributed by atoms with Crippen LogP contribution in [0.3, 0.4) is 0 Å². The van der Waals surface area contributed by atoms with Gasteiger partial charge in [-0.15, -0.1) is 0 Å². The highest BCUT2D eigenvalue weighted by Crippen LogP contribution is 2.39. The van der Waals surface area contributed by atoms with Crippen molar-refractivity contribution in [3.05, 3.63) is 175 Å². The van der Waals surface area contributed by atoms with Gasteiger partial charge in [0.05, 0.1) is 83.2 Å². The van der Waals surface area contributed by atoms with Crippen LogP contribution in [0.25, 0.3) is 22.8 Å². The number of hydrogen-bond acceptors (Lipinski definition) is 12. The fourth-order valence-electron chi connectivity index (χ4n) is 9.61. The summed E-state index contributed by atoms with van der Waals surface area (Å²) in [6, 6.07) is 26.8. The highest BCUT2D eigenvalue weighted by atomic mass is 79.9. The van der Waals surface area contributed by atoms with E-state index in [1.54, 1.807) is 50.9 Å². The van der Waals surface area contributed by atoms with E-state index in [2.05, 4.69) is 62.8 Å². The summed E-state index contributed by atoms with van der Waals surface area (Å²) >= 11 is 6.89. The normalized spacial score (nSPS) is 13.3. The van der Waals surface area contributed by atoms with E-state index in [0.717, 1.165) is 70.9 Å². The van der Waals surface area contributed by atoms with Gasteiger partial charge in [0.15, 0.2) is 0 Å². The van der Waals surface area contributed by atoms with E-state index in [4.69, 9.17) is 14.5 Å². The number of amides is 3. The largest absolute Gasteiger partial charge is 0.495 e. The van der Waals surface area contributed by atoms with E-state index in [1.165, 1.54) is 4.90 Å². The van der Waals surface area contributed by atoms with E-state index in [1.807, 2.05) is 102 Å². The number of anilines is 4. The van der Waals surface area contributed by atoms with E-state index >= 15 is 0 Å². The predicted octanol–water partition coefficient (Wildman–Crippen LogP) is 9.66. The molecule has 0 bridgehead atoms. The van der Waals surface area contributed by atoms with E-state index in [9.17, 15) is 24.3 Å². The van der Waals surface area contributed by atoms with Crippen LogP contribution < -0.4 is 25.4 Å². The Morgan fingerprint density at radius 3 is 1.64 bits per heavy atom. The lowest BCUT2D eigenvalue weighted by Gasteiger charge is -2.24. The lowest BCUT2D eigenvalue weighted by Crippen LogP contribution is -2.40. The number of carbonyl (C=O) groups is 4. The van der Waals surface area contributed by atoms with Crippen molar-refractivity contribution in [1.29, 1.82) is 0 Å². The molecule has 3 amide bonds. The van der Waals surface area contributed by atoms with Crippen LogP contribution in [0.5, 0.6) is 11.5 Å². The molecule has 73 heavy (non-hydrogen) atoms. The highest BCUT2D eigenvalue weighted by Gasteiger charge is 2.38. The molecule has 4 aromatic carbocycles. The minimum atomic E-state index is -0.915. The third-order valence-electron chi connectivity index (χ3n) is 13.1. The molecule has 3 aliphatic rings. The number of nitrogens with one attached hydrogen (secondary N) is 3. The number of methoxy groups -OCH3 is 2. The fraction of sp³-hybridized carbons (Fsp3) is 0.185. The summed E-state index contributed by atoms with van der Waals surface area (Å²) in [5.74, 6) is 0.204. The summed E-state index contributed by atoms with van der Waals surface area (Å²) in [5.41, 5.74) is 10.7. The Kier molecular flexibility index (Phi) is 13.4. The number of ether oxygens (including phenoxy) is 2. The number of aromatic nitrogens is 6. The molecule has 0 saturated heterocycles. The average Bonchev–Trinajstić information content (AvgIpc) is 4.02. The second-order valence-electron chi connectivity index (χ2n) is 17.5. The zero-order chi connectivity index (χ0) is 51.1. The number of imide groups is 1. The maximum absolute atomic E-state index is 14.0. The molecule has 0 fully saturated rings. The Morgan fingerprint density at radius 1 is 0.671 bits per heavy atom. The number of carboxylic acids is 1. The highest BCUT2D eigenvalue weighted by molar-refractivity contribution is 9.10. The summed E-state index contributed by atoms with van der Waals surface area (Å²) in [5, 5.41) is 19.0. The summed E-state index contributed by atoms with van der Waals surface area (Å²) in [4.78, 5) is 71.7. The molecule has 1 atom stereocenters. The van der Waals surface area contributed by atoms with Gasteiger partial charge in [-0.2, -0.15) is 0 Å². The molecule has 1 aliphatic heterocycles. The van der Waals surface area contributed by atoms with E-state index < -0.39 is 12.0 Å². The van der Waals surface area contributed by atoms with Crippen molar-refractivity contribution in [1.82, 2.24) is 39.3 Å². The van der Waals surface area contributed by atoms with Gasteiger partial charge in [0.1, 0.15) is 11.5 Å². The molecule has 5 heterocycles. The number of nitrogens with zero attached hydrogens (tertiary/aromatic N) is 7. The summed E-state index contributed by atoms with van der Waals surface area (Å²) < 4.78 is 16.5. The van der Waals surface area contributed by atoms with Gasteiger partial charge < -0.3 is 39.7 Å². The predicted molar refractivity (Wildman–Crippen MR) is 281 cm³/mol. The first-order chi connectivity index (χ1) is 35.3. The Hall–Kier alpha value is -8.16. The number of halogens is 2. The first-order valence-corrected chi connectivity index (χ1v) is 24.7. The third-order valence-corrected chi connectivity index (χ3v) is 14.1. The monoisotopic (exact) mass is 1100 g/mol. The minimum Gasteiger partial charge on any atom is -0.495 e. The van der Waals surface area contributed by atoms with E-state index in [-0.39, 0.29) is 24.3 Å². The second-order valence-corrected chi connectivity index (χ2v) is 19.4. The van der Waals surface area contributed by atoms with Gasteiger partial charge in [0, 0.05) is 47.8 Å². The minimum absolute atomic E-state index is 0.00172. The lowest BCUT2D eigenvalue weighted by molar-refractivity contribution is 0.0627. The van der Waals surface area contributed by atoms with E-state index in [0.29, 0.717) is 71.3 Å². The first-order valence-electron chi connectivity index (χ1n) is 23.1. The average molecular weight is 1110 g/mol. The number of benzene rings is 4. The summed E-state index contributed by atoms with van der Waals surface area (Å²) in [6.45, 7) is 0.00172. The maximum Gasteiger partial charge on any atom is 0.337 e. The number of fused-ring (bicyclic) bond motifs is 7. The number of rotatable bonds is 12. The number of hydrogen-bond donors (Lipinski definition) is 4. The molecule has 19 heteroatoms. The standard InChI is InChI=1S/C35H29BrN6O4.C19H17BrN4O3/c1-41-18-26(23-14-12-21-17-37-35(40-30(21)31(23)41)39-27-15-13-22(36)16-29(27)46-2)32(43)38-28(20-8-4-3-5-9-20)19-42-33(44)24-10-6-7-11-25(24)34(42)45;1-24-9-13(18(25)26)12-5-3-10-8-21-19(23-16(10)17(12)24)22-14-6-4-11(20)7-15(14)27-2/h3-11,13,15-18,28H,12,14,19H2,1-2H3,(H,38,43)(H,37,39,40);4,6-9H,3,5H2,1-2H3,(H,25,26)(H,21,22,23)/t28-;/m1./s1. The zero-order valence-electron chi connectivity index (χ0n) is 39.9. The van der Waals surface area contributed by atoms with Crippen LogP contribution in [-0.4, -0.2) is 83.5 Å². The zero-order valence-corrected chi connectivity index (χ0v) is 43.0. The van der Waals surface area contributed by atoms with Crippen LogP contribution in [0.4, 0.5) is 23.3 Å². The van der Waals surface area contributed by atoms with Crippen molar-refractivity contribution >= 4 is 78.8 Å². The molecule has 4 N–H and O–H groups in total. The molecule has 0 unspecified atom stereocenters. The number of aromatic carboxylic acids is 1. The SMILES string of the molecule is COc1cc(Br)ccc1Nc1ncc2c(n1)-c1c(c(C(=O)N[C@H](CN3C(=O)c4ccccc4C3=O)c3ccccc3)cn1C)CC2.COc1cc(Br)ccc1Nc1ncc2c(n1)-c1c(c(C(=O)O)cn1C)CC2. The Labute approximate surface area is 435 Å². The van der Waals surface area contributed by atoms with Crippen molar-refractivity contribution in [2.45, 2.75) is 31.7 Å². The number of aryl methyl sites for hydroxylation is 4. The van der Waals surface area contributed by atoms with Gasteiger partial charge in [0.25, 0.3) is 17.7 Å². The van der Waals surface area contributed by atoms with Gasteiger partial charge in [-0.3, -0.25) is 19.3 Å². The molecule has 0 spiro atoms. The molecule has 0 radical (unpaired) electrons. The topological polar surface area (TPSA) is 208 Å². The fourth-order valence-corrected chi connectivity index (χ4v) is 10.3. The molecular weight excluding hydrogens is 1060 g/mol. The van der Waals surface area contributed by atoms with Gasteiger partial charge in [-0.25, -0.2) is 24.7 Å². The van der Waals surface area contributed by atoms with Crippen molar-refractivity contribution in [2.24, 2.45) is 14.1 Å². The van der Waals surface area contributed by atoms with Crippen molar-refractivity contribution in [3.8, 4) is 34.3 Å². The van der Waals surface area contributed by atoms with Crippen molar-refractivity contribution in [2.75, 3.05) is 31.4 Å². The lowest BCUT2D eigenvalue weighted by atomic mass is 9.92. The molecule has 4 aromatic heterocycles. The van der Waals surface area contributed by atoms with Gasteiger partial charge >= 0.3 is 5.97 Å².